The van der Waals surface area contributed by atoms with Crippen LogP contribution >= 0.6 is 0 Å². The third-order valence-electron chi connectivity index (χ3n) is 1.71. The number of hydrogen-bond donors (Lipinski definition) is 0. The van der Waals surface area contributed by atoms with E-state index in [0.717, 1.165) is 12.1 Å². The highest BCUT2D eigenvalue weighted by molar-refractivity contribution is 5.50. The van der Waals surface area contributed by atoms with Crippen molar-refractivity contribution in [1.29, 1.82) is 0 Å². The summed E-state index contributed by atoms with van der Waals surface area (Å²) in [7, 11) is 0. The van der Waals surface area contributed by atoms with Crippen LogP contribution in [-0.4, -0.2) is 0 Å². The molecule has 0 fully saturated rings. The van der Waals surface area contributed by atoms with Gasteiger partial charge in [0.15, 0.2) is 0 Å². The second-order valence-corrected chi connectivity index (χ2v) is 2.54. The number of hydrogen-bond acceptors (Lipinski definition) is 2. The Morgan fingerprint density at radius 1 is 1.31 bits per heavy atom. The summed E-state index contributed by atoms with van der Waals surface area (Å²) in [5.74, 6) is 0. The molecule has 5 heteroatoms. The van der Waals surface area contributed by atoms with Gasteiger partial charge in [-0.3, -0.25) is 0 Å². The first kappa shape index (κ1) is 9.70. The SMILES string of the molecule is Cc1c(N=O)cccc1C(F)(F)F. The number of halogens is 3. The van der Waals surface area contributed by atoms with Crippen molar-refractivity contribution in [1.82, 2.24) is 0 Å². The van der Waals surface area contributed by atoms with Crippen LogP contribution in [0.15, 0.2) is 23.4 Å². The normalized spacial score (nSPS) is 11.4. The molecule has 1 rings (SSSR count). The van der Waals surface area contributed by atoms with E-state index in [-0.39, 0.29) is 11.3 Å². The molecule has 2 nitrogen and oxygen atoms in total. The van der Waals surface area contributed by atoms with Crippen LogP contribution in [0.4, 0.5) is 18.9 Å². The second-order valence-electron chi connectivity index (χ2n) is 2.54. The molecule has 0 aromatic heterocycles. The van der Waals surface area contributed by atoms with Crippen molar-refractivity contribution in [3.63, 3.8) is 0 Å². The maximum Gasteiger partial charge on any atom is 0.416 e. The second kappa shape index (κ2) is 3.16. The van der Waals surface area contributed by atoms with Gasteiger partial charge in [0.2, 0.25) is 0 Å². The Kier molecular flexibility index (Phi) is 2.36. The summed E-state index contributed by atoms with van der Waals surface area (Å²) in [6, 6.07) is 3.33. The molecule has 0 heterocycles. The van der Waals surface area contributed by atoms with E-state index in [1.54, 1.807) is 0 Å². The summed E-state index contributed by atoms with van der Waals surface area (Å²) in [6.07, 6.45) is -4.43. The summed E-state index contributed by atoms with van der Waals surface area (Å²) in [6.45, 7) is 1.22. The maximum absolute atomic E-state index is 12.2. The third kappa shape index (κ3) is 1.85. The van der Waals surface area contributed by atoms with Gasteiger partial charge in [0.25, 0.3) is 0 Å². The standard InChI is InChI=1S/C8H6F3NO/c1-5-6(8(9,10)11)3-2-4-7(5)12-13/h2-4H,1H3. The van der Waals surface area contributed by atoms with Crippen molar-refractivity contribution in [2.45, 2.75) is 13.1 Å². The maximum atomic E-state index is 12.2. The van der Waals surface area contributed by atoms with Gasteiger partial charge in [-0.25, -0.2) is 0 Å². The van der Waals surface area contributed by atoms with Crippen LogP contribution in [0.2, 0.25) is 0 Å². The van der Waals surface area contributed by atoms with E-state index >= 15 is 0 Å². The van der Waals surface area contributed by atoms with Gasteiger partial charge < -0.3 is 0 Å². The average molecular weight is 189 g/mol. The van der Waals surface area contributed by atoms with E-state index < -0.39 is 11.7 Å². The molecular weight excluding hydrogens is 183 g/mol. The van der Waals surface area contributed by atoms with E-state index in [0.29, 0.717) is 0 Å². The van der Waals surface area contributed by atoms with Crippen molar-refractivity contribution in [2.24, 2.45) is 5.18 Å². The van der Waals surface area contributed by atoms with Crippen molar-refractivity contribution in [3.8, 4) is 0 Å². The topological polar surface area (TPSA) is 29.4 Å². The Labute approximate surface area is 72.4 Å². The lowest BCUT2D eigenvalue weighted by Crippen LogP contribution is -2.06. The smallest absolute Gasteiger partial charge is 0.166 e. The van der Waals surface area contributed by atoms with Gasteiger partial charge in [-0.05, 0) is 29.8 Å². The van der Waals surface area contributed by atoms with E-state index in [2.05, 4.69) is 5.18 Å². The summed E-state index contributed by atoms with van der Waals surface area (Å²) in [5, 5.41) is 2.49. The number of benzene rings is 1. The van der Waals surface area contributed by atoms with Gasteiger partial charge in [0.05, 0.1) is 5.56 Å². The van der Waals surface area contributed by atoms with Crippen LogP contribution in [0, 0.1) is 11.8 Å². The molecule has 0 aliphatic carbocycles. The van der Waals surface area contributed by atoms with Crippen molar-refractivity contribution >= 4 is 5.69 Å². The quantitative estimate of drug-likeness (QED) is 0.622. The minimum atomic E-state index is -4.43. The largest absolute Gasteiger partial charge is 0.416 e. The molecule has 13 heavy (non-hydrogen) atoms. The van der Waals surface area contributed by atoms with Crippen LogP contribution in [0.1, 0.15) is 11.1 Å². The molecule has 0 atom stereocenters. The molecular formula is C8H6F3NO. The zero-order valence-corrected chi connectivity index (χ0v) is 6.72. The van der Waals surface area contributed by atoms with Gasteiger partial charge >= 0.3 is 6.18 Å². The highest BCUT2D eigenvalue weighted by Gasteiger charge is 2.32. The summed E-state index contributed by atoms with van der Waals surface area (Å²) >= 11 is 0. The monoisotopic (exact) mass is 189 g/mol. The molecule has 0 N–H and O–H groups in total. The summed E-state index contributed by atoms with van der Waals surface area (Å²) in [5.41, 5.74) is -1.12. The number of nitrogens with zero attached hydrogens (tertiary/aromatic N) is 1. The minimum Gasteiger partial charge on any atom is -0.166 e. The molecule has 0 aliphatic rings. The Hall–Kier alpha value is -1.39. The summed E-state index contributed by atoms with van der Waals surface area (Å²) in [4.78, 5) is 10.1. The first-order valence-corrected chi connectivity index (χ1v) is 3.47. The molecule has 0 spiro atoms. The van der Waals surface area contributed by atoms with Gasteiger partial charge in [-0.15, -0.1) is 4.91 Å². The molecule has 1 aromatic carbocycles. The van der Waals surface area contributed by atoms with E-state index in [9.17, 15) is 18.1 Å². The molecule has 0 unspecified atom stereocenters. The third-order valence-corrected chi connectivity index (χ3v) is 1.71. The van der Waals surface area contributed by atoms with Crippen LogP contribution in [-0.2, 0) is 6.18 Å². The van der Waals surface area contributed by atoms with Crippen LogP contribution in [0.5, 0.6) is 0 Å². The van der Waals surface area contributed by atoms with Crippen LogP contribution < -0.4 is 0 Å². The molecule has 0 saturated heterocycles. The molecule has 0 radical (unpaired) electrons. The zero-order chi connectivity index (χ0) is 10.1. The van der Waals surface area contributed by atoms with Crippen LogP contribution in [0.3, 0.4) is 0 Å². The molecule has 0 aliphatic heterocycles. The number of rotatable bonds is 1. The zero-order valence-electron chi connectivity index (χ0n) is 6.72. The Morgan fingerprint density at radius 3 is 2.38 bits per heavy atom. The first-order chi connectivity index (χ1) is 5.96. The minimum absolute atomic E-state index is 0.134. The predicted molar refractivity (Wildman–Crippen MR) is 41.6 cm³/mol. The molecule has 0 bridgehead atoms. The Bertz CT molecular complexity index is 333. The van der Waals surface area contributed by atoms with Crippen LogP contribution in [0.25, 0.3) is 0 Å². The van der Waals surface area contributed by atoms with Crippen molar-refractivity contribution in [2.75, 3.05) is 0 Å². The first-order valence-electron chi connectivity index (χ1n) is 3.47. The van der Waals surface area contributed by atoms with E-state index in [1.807, 2.05) is 0 Å². The Balaban J connectivity index is 3.32. The van der Waals surface area contributed by atoms with Crippen molar-refractivity contribution in [3.05, 3.63) is 34.2 Å². The fourth-order valence-corrected chi connectivity index (χ4v) is 1.03. The Morgan fingerprint density at radius 2 is 1.92 bits per heavy atom. The lowest BCUT2D eigenvalue weighted by atomic mass is 10.1. The predicted octanol–water partition coefficient (Wildman–Crippen LogP) is 3.41. The number of nitroso groups, excluding NO2 is 1. The van der Waals surface area contributed by atoms with Gasteiger partial charge in [-0.1, -0.05) is 6.07 Å². The fourth-order valence-electron chi connectivity index (χ4n) is 1.03. The highest BCUT2D eigenvalue weighted by Crippen LogP contribution is 2.35. The summed E-state index contributed by atoms with van der Waals surface area (Å²) < 4.78 is 36.7. The van der Waals surface area contributed by atoms with Gasteiger partial charge in [-0.2, -0.15) is 13.2 Å². The van der Waals surface area contributed by atoms with E-state index in [4.69, 9.17) is 0 Å². The molecule has 70 valence electrons. The lowest BCUT2D eigenvalue weighted by molar-refractivity contribution is -0.138. The average Bonchev–Trinajstić information content (AvgIpc) is 2.02. The highest BCUT2D eigenvalue weighted by atomic mass is 19.4. The van der Waals surface area contributed by atoms with Crippen molar-refractivity contribution < 1.29 is 13.2 Å². The van der Waals surface area contributed by atoms with Gasteiger partial charge in [0, 0.05) is 0 Å². The molecule has 1 aromatic rings. The number of alkyl halides is 3. The van der Waals surface area contributed by atoms with Gasteiger partial charge in [0.1, 0.15) is 5.69 Å². The molecule has 0 saturated carbocycles. The molecule has 0 amide bonds. The van der Waals surface area contributed by atoms with E-state index in [1.165, 1.54) is 13.0 Å². The fraction of sp³-hybridized carbons (Fsp3) is 0.250. The lowest BCUT2D eigenvalue weighted by Gasteiger charge is -2.09.